The molecule has 2 aromatic heterocycles. The van der Waals surface area contributed by atoms with Crippen LogP contribution in [0.5, 0.6) is 0 Å². The third-order valence-corrected chi connectivity index (χ3v) is 5.29. The van der Waals surface area contributed by atoms with Gasteiger partial charge >= 0.3 is 0 Å². The van der Waals surface area contributed by atoms with Crippen molar-refractivity contribution in [3.63, 3.8) is 0 Å². The zero-order chi connectivity index (χ0) is 24.9. The summed E-state index contributed by atoms with van der Waals surface area (Å²) in [5, 5.41) is 12.5. The average Bonchev–Trinajstić information content (AvgIpc) is 3.59. The number of nitrogens with zero attached hydrogens (tertiary/aromatic N) is 6. The second-order valence-corrected chi connectivity index (χ2v) is 7.74. The molecule has 36 heavy (non-hydrogen) atoms. The van der Waals surface area contributed by atoms with Gasteiger partial charge in [0.1, 0.15) is 11.5 Å². The second kappa shape index (κ2) is 9.97. The summed E-state index contributed by atoms with van der Waals surface area (Å²) < 4.78 is 14.7. The zero-order valence-electron chi connectivity index (χ0n) is 18.7. The lowest BCUT2D eigenvalue weighted by atomic mass is 10.1. The van der Waals surface area contributed by atoms with E-state index in [0.717, 1.165) is 11.1 Å². The van der Waals surface area contributed by atoms with Crippen molar-refractivity contribution < 1.29 is 14.0 Å². The van der Waals surface area contributed by atoms with E-state index < -0.39 is 17.6 Å². The summed E-state index contributed by atoms with van der Waals surface area (Å²) in [4.78, 5) is 30.5. The molecule has 11 heteroatoms. The molecule has 5 aromatic rings. The number of benzene rings is 3. The molecule has 0 unspecified atom stereocenters. The fourth-order valence-corrected chi connectivity index (χ4v) is 3.46. The maximum Gasteiger partial charge on any atom is 0.288 e. The standard InChI is InChI=1S/C25H19FN8O2/c26-20-10-12-21(13-11-20)33-16-27-14-22(33)25(36)30-29-24(35)19-8-6-17(7-9-19)15-34-31-23(28-32-34)18-4-2-1-3-5-18/h1-14,16H,15H2,(H,29,35)(H,30,36). The lowest BCUT2D eigenvalue weighted by Crippen LogP contribution is -2.42. The van der Waals surface area contributed by atoms with Gasteiger partial charge in [-0.05, 0) is 47.2 Å². The van der Waals surface area contributed by atoms with Gasteiger partial charge in [-0.25, -0.2) is 9.37 Å². The van der Waals surface area contributed by atoms with Crippen molar-refractivity contribution >= 4 is 11.8 Å². The van der Waals surface area contributed by atoms with Gasteiger partial charge in [-0.1, -0.05) is 42.5 Å². The van der Waals surface area contributed by atoms with Gasteiger partial charge in [0.05, 0.1) is 19.1 Å². The van der Waals surface area contributed by atoms with Crippen molar-refractivity contribution in [3.8, 4) is 17.1 Å². The fraction of sp³-hybridized carbons (Fsp3) is 0.0400. The highest BCUT2D eigenvalue weighted by Gasteiger charge is 2.15. The van der Waals surface area contributed by atoms with E-state index in [0.29, 0.717) is 23.6 Å². The van der Waals surface area contributed by atoms with Crippen molar-refractivity contribution in [2.24, 2.45) is 0 Å². The summed E-state index contributed by atoms with van der Waals surface area (Å²) in [5.41, 5.74) is 7.58. The summed E-state index contributed by atoms with van der Waals surface area (Å²) in [6.07, 6.45) is 2.77. The molecule has 2 heterocycles. The van der Waals surface area contributed by atoms with Gasteiger partial charge in [0, 0.05) is 16.8 Å². The number of nitrogens with one attached hydrogen (secondary N) is 2. The number of amides is 2. The number of imidazole rings is 1. The van der Waals surface area contributed by atoms with Gasteiger partial charge < -0.3 is 0 Å². The smallest absolute Gasteiger partial charge is 0.288 e. The minimum absolute atomic E-state index is 0.174. The predicted octanol–water partition coefficient (Wildman–Crippen LogP) is 2.79. The Morgan fingerprint density at radius 1 is 0.861 bits per heavy atom. The molecule has 178 valence electrons. The van der Waals surface area contributed by atoms with Gasteiger partial charge in [0.15, 0.2) is 0 Å². The molecule has 2 N–H and O–H groups in total. The predicted molar refractivity (Wildman–Crippen MR) is 127 cm³/mol. The Hall–Kier alpha value is -5.19. The number of hydrogen-bond donors (Lipinski definition) is 2. The average molecular weight is 482 g/mol. The van der Waals surface area contributed by atoms with Crippen LogP contribution in [-0.4, -0.2) is 41.6 Å². The number of carbonyl (C=O) groups is 2. The van der Waals surface area contributed by atoms with E-state index in [1.807, 2.05) is 30.3 Å². The van der Waals surface area contributed by atoms with E-state index >= 15 is 0 Å². The van der Waals surface area contributed by atoms with Crippen molar-refractivity contribution in [1.29, 1.82) is 0 Å². The Morgan fingerprint density at radius 2 is 1.58 bits per heavy atom. The van der Waals surface area contributed by atoms with Crippen LogP contribution in [0.3, 0.4) is 0 Å². The highest BCUT2D eigenvalue weighted by atomic mass is 19.1. The number of carbonyl (C=O) groups excluding carboxylic acids is 2. The first kappa shape index (κ1) is 22.6. The Balaban J connectivity index is 1.18. The maximum atomic E-state index is 13.2. The van der Waals surface area contributed by atoms with Crippen LogP contribution in [0.4, 0.5) is 4.39 Å². The molecule has 0 aliphatic heterocycles. The minimum atomic E-state index is -0.576. The van der Waals surface area contributed by atoms with Crippen molar-refractivity contribution in [2.45, 2.75) is 6.54 Å². The van der Waals surface area contributed by atoms with Crippen LogP contribution in [0.1, 0.15) is 26.4 Å². The normalized spacial score (nSPS) is 10.7. The first-order valence-corrected chi connectivity index (χ1v) is 10.9. The number of halogens is 1. The molecule has 0 bridgehead atoms. The monoisotopic (exact) mass is 482 g/mol. The lowest BCUT2D eigenvalue weighted by Gasteiger charge is -2.10. The summed E-state index contributed by atoms with van der Waals surface area (Å²) in [5.74, 6) is -0.929. The number of tetrazole rings is 1. The molecule has 0 radical (unpaired) electrons. The zero-order valence-corrected chi connectivity index (χ0v) is 18.7. The first-order chi connectivity index (χ1) is 17.6. The molecule has 0 saturated carbocycles. The van der Waals surface area contributed by atoms with Crippen LogP contribution in [-0.2, 0) is 6.54 Å². The van der Waals surface area contributed by atoms with Crippen LogP contribution < -0.4 is 10.9 Å². The van der Waals surface area contributed by atoms with Crippen LogP contribution in [0, 0.1) is 5.82 Å². The highest BCUT2D eigenvalue weighted by Crippen LogP contribution is 2.14. The quantitative estimate of drug-likeness (QED) is 0.359. The molecular weight excluding hydrogens is 463 g/mol. The van der Waals surface area contributed by atoms with E-state index in [2.05, 4.69) is 31.2 Å². The molecule has 2 amide bonds. The van der Waals surface area contributed by atoms with Crippen molar-refractivity contribution in [3.05, 3.63) is 114 Å². The van der Waals surface area contributed by atoms with Crippen LogP contribution in [0.25, 0.3) is 17.1 Å². The van der Waals surface area contributed by atoms with Crippen molar-refractivity contribution in [1.82, 2.24) is 40.6 Å². The lowest BCUT2D eigenvalue weighted by molar-refractivity contribution is 0.0843. The SMILES string of the molecule is O=C(NNC(=O)c1cncn1-c1ccc(F)cc1)c1ccc(Cn2nnc(-c3ccccc3)n2)cc1. The highest BCUT2D eigenvalue weighted by molar-refractivity contribution is 5.98. The molecule has 0 aliphatic carbocycles. The molecule has 10 nitrogen and oxygen atoms in total. The molecule has 0 aliphatic rings. The summed E-state index contributed by atoms with van der Waals surface area (Å²) >= 11 is 0. The second-order valence-electron chi connectivity index (χ2n) is 7.74. The Bertz CT molecular complexity index is 1500. The van der Waals surface area contributed by atoms with E-state index in [4.69, 9.17) is 0 Å². The van der Waals surface area contributed by atoms with E-state index in [-0.39, 0.29) is 5.69 Å². The molecule has 0 fully saturated rings. The van der Waals surface area contributed by atoms with Gasteiger partial charge in [0.25, 0.3) is 11.8 Å². The molecule has 5 rings (SSSR count). The van der Waals surface area contributed by atoms with Crippen LogP contribution >= 0.6 is 0 Å². The van der Waals surface area contributed by atoms with E-state index in [1.54, 1.807) is 24.3 Å². The van der Waals surface area contributed by atoms with Crippen LogP contribution in [0.15, 0.2) is 91.4 Å². The number of hydrazine groups is 1. The Kier molecular flexibility index (Phi) is 6.26. The third kappa shape index (κ3) is 4.99. The van der Waals surface area contributed by atoms with Gasteiger partial charge in [-0.2, -0.15) is 4.80 Å². The van der Waals surface area contributed by atoms with Crippen molar-refractivity contribution in [2.75, 3.05) is 0 Å². The minimum Gasteiger partial charge on any atom is -0.295 e. The number of hydrogen-bond acceptors (Lipinski definition) is 6. The molecule has 3 aromatic carbocycles. The van der Waals surface area contributed by atoms with Gasteiger partial charge in [0.2, 0.25) is 5.82 Å². The molecule has 0 atom stereocenters. The molecular formula is C25H19FN8O2. The summed E-state index contributed by atoms with van der Waals surface area (Å²) in [6, 6.07) is 21.9. The largest absolute Gasteiger partial charge is 0.295 e. The maximum absolute atomic E-state index is 13.2. The fourth-order valence-electron chi connectivity index (χ4n) is 3.46. The summed E-state index contributed by atoms with van der Waals surface area (Å²) in [6.45, 7) is 0.381. The molecule has 0 saturated heterocycles. The number of aromatic nitrogens is 6. The Morgan fingerprint density at radius 3 is 2.33 bits per heavy atom. The first-order valence-electron chi connectivity index (χ1n) is 10.9. The molecule has 0 spiro atoms. The van der Waals surface area contributed by atoms with E-state index in [9.17, 15) is 14.0 Å². The van der Waals surface area contributed by atoms with Crippen LogP contribution in [0.2, 0.25) is 0 Å². The third-order valence-electron chi connectivity index (χ3n) is 5.29. The van der Waals surface area contributed by atoms with Gasteiger partial charge in [-0.15, -0.1) is 10.2 Å². The van der Waals surface area contributed by atoms with Gasteiger partial charge in [-0.3, -0.25) is 25.0 Å². The Labute approximate surface area is 204 Å². The topological polar surface area (TPSA) is 120 Å². The summed E-state index contributed by atoms with van der Waals surface area (Å²) in [7, 11) is 0. The van der Waals surface area contributed by atoms with E-state index in [1.165, 1.54) is 46.2 Å². The number of rotatable bonds is 6.